The van der Waals surface area contributed by atoms with Crippen molar-refractivity contribution in [3.05, 3.63) is 35.9 Å². The fraction of sp³-hybridized carbons (Fsp3) is 0.353. The minimum absolute atomic E-state index is 0.0726. The lowest BCUT2D eigenvalue weighted by atomic mass is 10.2. The summed E-state index contributed by atoms with van der Waals surface area (Å²) in [5.74, 6) is -2.96. The SMILES string of the molecule is CC[C@H](C)NC(=O)NC(=O)CN1C(=O)C(=O)N(Cc2ccccc2)C1=O. The van der Waals surface area contributed by atoms with Crippen LogP contribution in [0.4, 0.5) is 9.59 Å². The zero-order valence-corrected chi connectivity index (χ0v) is 14.5. The summed E-state index contributed by atoms with van der Waals surface area (Å²) < 4.78 is 0. The topological polar surface area (TPSA) is 116 Å². The number of benzene rings is 1. The number of imide groups is 3. The van der Waals surface area contributed by atoms with Crippen molar-refractivity contribution in [2.75, 3.05) is 6.54 Å². The van der Waals surface area contributed by atoms with E-state index >= 15 is 0 Å². The molecule has 0 aliphatic carbocycles. The third-order valence-corrected chi connectivity index (χ3v) is 3.86. The van der Waals surface area contributed by atoms with Crippen LogP contribution in [0.5, 0.6) is 0 Å². The molecule has 1 aliphatic rings. The summed E-state index contributed by atoms with van der Waals surface area (Å²) >= 11 is 0. The molecule has 0 unspecified atom stereocenters. The van der Waals surface area contributed by atoms with Crippen LogP contribution in [0, 0.1) is 0 Å². The highest BCUT2D eigenvalue weighted by Crippen LogP contribution is 2.15. The minimum atomic E-state index is -1.09. The highest BCUT2D eigenvalue weighted by molar-refractivity contribution is 6.45. The van der Waals surface area contributed by atoms with Crippen molar-refractivity contribution in [2.24, 2.45) is 0 Å². The standard InChI is InChI=1S/C17H20N4O5/c1-3-11(2)18-16(25)19-13(22)10-21-15(24)14(23)20(17(21)26)9-12-7-5-4-6-8-12/h4-8,11H,3,9-10H2,1-2H3,(H2,18,19,22,25)/t11-/m0/s1. The molecule has 9 nitrogen and oxygen atoms in total. The molecule has 9 heteroatoms. The van der Waals surface area contributed by atoms with Gasteiger partial charge in [0.1, 0.15) is 6.54 Å². The Morgan fingerprint density at radius 3 is 2.27 bits per heavy atom. The second-order valence-electron chi connectivity index (χ2n) is 5.88. The second-order valence-corrected chi connectivity index (χ2v) is 5.88. The van der Waals surface area contributed by atoms with Crippen LogP contribution >= 0.6 is 0 Å². The molecule has 1 heterocycles. The van der Waals surface area contributed by atoms with Crippen molar-refractivity contribution in [1.82, 2.24) is 20.4 Å². The molecular formula is C17H20N4O5. The molecule has 2 N–H and O–H groups in total. The molecule has 0 aromatic heterocycles. The first kappa shape index (κ1) is 19.1. The monoisotopic (exact) mass is 360 g/mol. The molecule has 1 fully saturated rings. The summed E-state index contributed by atoms with van der Waals surface area (Å²) in [7, 11) is 0. The Hall–Kier alpha value is -3.23. The zero-order valence-electron chi connectivity index (χ0n) is 14.5. The minimum Gasteiger partial charge on any atom is -0.335 e. The molecule has 26 heavy (non-hydrogen) atoms. The molecule has 1 saturated heterocycles. The number of hydrogen-bond donors (Lipinski definition) is 2. The van der Waals surface area contributed by atoms with E-state index in [1.54, 1.807) is 37.3 Å². The van der Waals surface area contributed by atoms with Crippen LogP contribution in [-0.4, -0.2) is 52.2 Å². The van der Waals surface area contributed by atoms with Gasteiger partial charge >= 0.3 is 23.9 Å². The van der Waals surface area contributed by atoms with Gasteiger partial charge in [-0.25, -0.2) is 14.5 Å². The van der Waals surface area contributed by atoms with Crippen LogP contribution in [0.3, 0.4) is 0 Å². The average molecular weight is 360 g/mol. The Kier molecular flexibility index (Phi) is 6.05. The highest BCUT2D eigenvalue weighted by atomic mass is 16.2. The van der Waals surface area contributed by atoms with E-state index in [0.29, 0.717) is 16.9 Å². The predicted molar refractivity (Wildman–Crippen MR) is 90.5 cm³/mol. The summed E-state index contributed by atoms with van der Waals surface area (Å²) in [6.07, 6.45) is 0.674. The van der Waals surface area contributed by atoms with Gasteiger partial charge in [0.15, 0.2) is 0 Å². The van der Waals surface area contributed by atoms with Crippen molar-refractivity contribution >= 4 is 29.8 Å². The normalized spacial score (nSPS) is 15.2. The lowest BCUT2D eigenvalue weighted by Gasteiger charge is -2.16. The number of carbonyl (C=O) groups excluding carboxylic acids is 5. The summed E-state index contributed by atoms with van der Waals surface area (Å²) in [4.78, 5) is 61.1. The van der Waals surface area contributed by atoms with Crippen molar-refractivity contribution < 1.29 is 24.0 Å². The number of rotatable bonds is 6. The van der Waals surface area contributed by atoms with Crippen LogP contribution in [0.15, 0.2) is 30.3 Å². The summed E-state index contributed by atoms with van der Waals surface area (Å²) in [5, 5.41) is 4.55. The van der Waals surface area contributed by atoms with Gasteiger partial charge in [0, 0.05) is 6.04 Å². The third kappa shape index (κ3) is 4.44. The molecule has 0 saturated carbocycles. The molecular weight excluding hydrogens is 340 g/mol. The second kappa shape index (κ2) is 8.24. The molecule has 1 aliphatic heterocycles. The number of hydrogen-bond acceptors (Lipinski definition) is 5. The molecule has 0 radical (unpaired) electrons. The zero-order chi connectivity index (χ0) is 19.3. The average Bonchev–Trinajstić information content (AvgIpc) is 2.80. The fourth-order valence-electron chi connectivity index (χ4n) is 2.27. The van der Waals surface area contributed by atoms with E-state index in [4.69, 9.17) is 0 Å². The van der Waals surface area contributed by atoms with Gasteiger partial charge in [-0.1, -0.05) is 37.3 Å². The summed E-state index contributed by atoms with van der Waals surface area (Å²) in [5.41, 5.74) is 0.668. The molecule has 2 rings (SSSR count). The largest absolute Gasteiger partial charge is 0.335 e. The van der Waals surface area contributed by atoms with E-state index in [-0.39, 0.29) is 12.6 Å². The van der Waals surface area contributed by atoms with E-state index in [0.717, 1.165) is 4.90 Å². The van der Waals surface area contributed by atoms with Crippen LogP contribution in [0.25, 0.3) is 0 Å². The Morgan fingerprint density at radius 1 is 1.04 bits per heavy atom. The Labute approximate surface area is 150 Å². The van der Waals surface area contributed by atoms with Gasteiger partial charge in [-0.3, -0.25) is 24.6 Å². The predicted octanol–water partition coefficient (Wildman–Crippen LogP) is 0.602. The van der Waals surface area contributed by atoms with E-state index in [2.05, 4.69) is 5.32 Å². The molecule has 0 bridgehead atoms. The highest BCUT2D eigenvalue weighted by Gasteiger charge is 2.45. The maximum Gasteiger partial charge on any atom is 0.335 e. The first-order chi connectivity index (χ1) is 12.3. The van der Waals surface area contributed by atoms with E-state index in [1.807, 2.05) is 12.2 Å². The number of nitrogens with zero attached hydrogens (tertiary/aromatic N) is 2. The molecule has 0 spiro atoms. The first-order valence-corrected chi connectivity index (χ1v) is 8.15. The van der Waals surface area contributed by atoms with Gasteiger partial charge in [0.05, 0.1) is 6.54 Å². The van der Waals surface area contributed by atoms with Gasteiger partial charge in [-0.15, -0.1) is 0 Å². The molecule has 138 valence electrons. The smallest absolute Gasteiger partial charge is 0.335 e. The van der Waals surface area contributed by atoms with Crippen LogP contribution in [0.2, 0.25) is 0 Å². The van der Waals surface area contributed by atoms with Gasteiger partial charge in [0.25, 0.3) is 0 Å². The van der Waals surface area contributed by atoms with Gasteiger partial charge in [0.2, 0.25) is 5.91 Å². The van der Waals surface area contributed by atoms with E-state index < -0.39 is 36.3 Å². The number of carbonyl (C=O) groups is 5. The van der Waals surface area contributed by atoms with E-state index in [1.165, 1.54) is 0 Å². The summed E-state index contributed by atoms with van der Waals surface area (Å²) in [6.45, 7) is 2.85. The van der Waals surface area contributed by atoms with E-state index in [9.17, 15) is 24.0 Å². The number of urea groups is 2. The first-order valence-electron chi connectivity index (χ1n) is 8.15. The van der Waals surface area contributed by atoms with Crippen molar-refractivity contribution in [3.63, 3.8) is 0 Å². The Bertz CT molecular complexity index is 734. The molecule has 1 aromatic carbocycles. The number of nitrogens with one attached hydrogen (secondary N) is 2. The number of amides is 7. The lowest BCUT2D eigenvalue weighted by molar-refractivity contribution is -0.144. The van der Waals surface area contributed by atoms with Crippen molar-refractivity contribution in [1.29, 1.82) is 0 Å². The molecule has 7 amide bonds. The fourth-order valence-corrected chi connectivity index (χ4v) is 2.27. The summed E-state index contributed by atoms with van der Waals surface area (Å²) in [6, 6.07) is 6.92. The van der Waals surface area contributed by atoms with Crippen LogP contribution in [0.1, 0.15) is 25.8 Å². The van der Waals surface area contributed by atoms with Crippen LogP contribution in [-0.2, 0) is 20.9 Å². The maximum atomic E-state index is 12.3. The lowest BCUT2D eigenvalue weighted by Crippen LogP contribution is -2.48. The van der Waals surface area contributed by atoms with Crippen LogP contribution < -0.4 is 10.6 Å². The van der Waals surface area contributed by atoms with Crippen molar-refractivity contribution in [2.45, 2.75) is 32.9 Å². The Morgan fingerprint density at radius 2 is 1.65 bits per heavy atom. The Balaban J connectivity index is 1.98. The van der Waals surface area contributed by atoms with Gasteiger partial charge in [-0.05, 0) is 18.9 Å². The quantitative estimate of drug-likeness (QED) is 0.569. The third-order valence-electron chi connectivity index (χ3n) is 3.86. The van der Waals surface area contributed by atoms with Gasteiger partial charge < -0.3 is 5.32 Å². The maximum absolute atomic E-state index is 12.3. The van der Waals surface area contributed by atoms with Gasteiger partial charge in [-0.2, -0.15) is 0 Å². The molecule has 1 atom stereocenters. The van der Waals surface area contributed by atoms with Crippen molar-refractivity contribution in [3.8, 4) is 0 Å². The molecule has 1 aromatic rings.